The first-order chi connectivity index (χ1) is 12.8. The molecule has 1 aliphatic heterocycles. The lowest BCUT2D eigenvalue weighted by Crippen LogP contribution is -2.22. The zero-order valence-corrected chi connectivity index (χ0v) is 15.9. The molecule has 0 spiro atoms. The number of rotatable bonds is 7. The Morgan fingerprint density at radius 3 is 2.59 bits per heavy atom. The summed E-state index contributed by atoms with van der Waals surface area (Å²) in [4.78, 5) is 35.0. The number of hydrogen-bond donors (Lipinski definition) is 2. The van der Waals surface area contributed by atoms with Crippen molar-refractivity contribution < 1.29 is 28.6 Å². The summed E-state index contributed by atoms with van der Waals surface area (Å²) in [6.07, 6.45) is 3.11. The minimum atomic E-state index is -0.782. The van der Waals surface area contributed by atoms with E-state index < -0.39 is 12.0 Å². The molecule has 1 heterocycles. The maximum Gasteiger partial charge on any atom is 0.341 e. The molecule has 0 radical (unpaired) electrons. The van der Waals surface area contributed by atoms with Gasteiger partial charge in [0.2, 0.25) is 0 Å². The average Bonchev–Trinajstić information content (AvgIpc) is 3.02. The summed E-state index contributed by atoms with van der Waals surface area (Å²) in [5, 5.41) is 2.54. The highest BCUT2D eigenvalue weighted by Gasteiger charge is 2.32. The number of fused-ring (bicyclic) bond motifs is 1. The van der Waals surface area contributed by atoms with Crippen LogP contribution >= 0.6 is 0 Å². The summed E-state index contributed by atoms with van der Waals surface area (Å²) in [5.41, 5.74) is 8.97. The van der Waals surface area contributed by atoms with Crippen LogP contribution in [-0.4, -0.2) is 32.2 Å². The fourth-order valence-electron chi connectivity index (χ4n) is 3.09. The van der Waals surface area contributed by atoms with E-state index in [0.29, 0.717) is 41.0 Å². The van der Waals surface area contributed by atoms with Crippen molar-refractivity contribution in [1.29, 1.82) is 0 Å². The number of ether oxygens (including phenoxy) is 3. The van der Waals surface area contributed by atoms with Crippen molar-refractivity contribution in [3.63, 3.8) is 0 Å². The van der Waals surface area contributed by atoms with Gasteiger partial charge in [-0.3, -0.25) is 4.79 Å². The van der Waals surface area contributed by atoms with Gasteiger partial charge in [-0.15, -0.1) is 0 Å². The molecule has 0 aromatic heterocycles. The first kappa shape index (κ1) is 20.3. The number of amides is 2. The van der Waals surface area contributed by atoms with Gasteiger partial charge in [-0.1, -0.05) is 11.6 Å². The van der Waals surface area contributed by atoms with Gasteiger partial charge in [0.25, 0.3) is 0 Å². The summed E-state index contributed by atoms with van der Waals surface area (Å²) in [6, 6.07) is -0.782. The van der Waals surface area contributed by atoms with E-state index in [9.17, 15) is 14.4 Å². The highest BCUT2D eigenvalue weighted by molar-refractivity contribution is 6.05. The van der Waals surface area contributed by atoms with Crippen LogP contribution in [0.2, 0.25) is 0 Å². The Kier molecular flexibility index (Phi) is 6.44. The Hall–Kier alpha value is -3.03. The van der Waals surface area contributed by atoms with Gasteiger partial charge in [0.05, 0.1) is 25.5 Å². The Morgan fingerprint density at radius 2 is 2.00 bits per heavy atom. The average molecular weight is 376 g/mol. The van der Waals surface area contributed by atoms with Crippen LogP contribution in [0.25, 0.3) is 0 Å². The highest BCUT2D eigenvalue weighted by atomic mass is 16.5. The number of urea groups is 1. The standard InChI is InChI=1S/C19H24N2O6/c1-10(6-8-14(22)25-3)5-7-12-16(21-19(20)24)15-13(9-27-18(15)23)11(2)17(12)26-4/h5H,6-9H2,1-4H3,(H3,20,21,24). The fraction of sp³-hybridized carbons (Fsp3) is 0.421. The molecule has 27 heavy (non-hydrogen) atoms. The van der Waals surface area contributed by atoms with Crippen LogP contribution in [0.3, 0.4) is 0 Å². The first-order valence-corrected chi connectivity index (χ1v) is 8.48. The molecular weight excluding hydrogens is 352 g/mol. The molecular formula is C19H24N2O6. The molecule has 1 aromatic carbocycles. The number of benzene rings is 1. The summed E-state index contributed by atoms with van der Waals surface area (Å²) < 4.78 is 15.3. The minimum absolute atomic E-state index is 0.123. The van der Waals surface area contributed by atoms with E-state index >= 15 is 0 Å². The van der Waals surface area contributed by atoms with Crippen molar-refractivity contribution in [3.8, 4) is 5.75 Å². The number of carbonyl (C=O) groups excluding carboxylic acids is 3. The van der Waals surface area contributed by atoms with E-state index in [-0.39, 0.29) is 19.0 Å². The molecule has 2 amide bonds. The maximum absolute atomic E-state index is 12.2. The van der Waals surface area contributed by atoms with Crippen molar-refractivity contribution in [2.45, 2.75) is 39.7 Å². The largest absolute Gasteiger partial charge is 0.496 e. The van der Waals surface area contributed by atoms with Crippen LogP contribution in [0, 0.1) is 6.92 Å². The second kappa shape index (κ2) is 8.57. The lowest BCUT2D eigenvalue weighted by Gasteiger charge is -2.19. The number of allylic oxidation sites excluding steroid dienone is 2. The number of esters is 2. The quantitative estimate of drug-likeness (QED) is 0.558. The number of carbonyl (C=O) groups is 3. The van der Waals surface area contributed by atoms with Crippen molar-refractivity contribution >= 4 is 23.7 Å². The maximum atomic E-state index is 12.2. The van der Waals surface area contributed by atoms with Crippen LogP contribution in [0.15, 0.2) is 11.6 Å². The molecule has 3 N–H and O–H groups in total. The van der Waals surface area contributed by atoms with Gasteiger partial charge >= 0.3 is 18.0 Å². The monoisotopic (exact) mass is 376 g/mol. The third kappa shape index (κ3) is 4.39. The zero-order valence-electron chi connectivity index (χ0n) is 15.9. The number of methoxy groups -OCH3 is 2. The van der Waals surface area contributed by atoms with Gasteiger partial charge in [0.1, 0.15) is 12.4 Å². The Labute approximate surface area is 157 Å². The van der Waals surface area contributed by atoms with Crippen molar-refractivity contribution in [2.24, 2.45) is 5.73 Å². The molecule has 0 saturated carbocycles. The predicted octanol–water partition coefficient (Wildman–Crippen LogP) is 2.61. The summed E-state index contributed by atoms with van der Waals surface area (Å²) in [6.45, 7) is 3.86. The molecule has 0 aliphatic carbocycles. The number of primary amides is 1. The van der Waals surface area contributed by atoms with Gasteiger partial charge in [0, 0.05) is 17.5 Å². The van der Waals surface area contributed by atoms with Gasteiger partial charge < -0.3 is 25.3 Å². The molecule has 0 saturated heterocycles. The predicted molar refractivity (Wildman–Crippen MR) is 98.8 cm³/mol. The number of anilines is 1. The molecule has 8 nitrogen and oxygen atoms in total. The van der Waals surface area contributed by atoms with E-state index in [1.54, 1.807) is 0 Å². The first-order valence-electron chi connectivity index (χ1n) is 8.48. The molecule has 146 valence electrons. The SMILES string of the molecule is COC(=O)CCC(C)=CCc1c(NC(N)=O)c2c(c(C)c1OC)COC2=O. The normalized spacial score (nSPS) is 13.0. The van der Waals surface area contributed by atoms with Crippen LogP contribution in [-0.2, 0) is 27.3 Å². The second-order valence-corrected chi connectivity index (χ2v) is 6.26. The lowest BCUT2D eigenvalue weighted by atomic mass is 9.93. The fourth-order valence-corrected chi connectivity index (χ4v) is 3.09. The third-order valence-corrected chi connectivity index (χ3v) is 4.53. The summed E-state index contributed by atoms with van der Waals surface area (Å²) in [7, 11) is 2.87. The number of nitrogens with two attached hydrogens (primary N) is 1. The third-order valence-electron chi connectivity index (χ3n) is 4.53. The van der Waals surface area contributed by atoms with Crippen molar-refractivity contribution in [1.82, 2.24) is 0 Å². The molecule has 0 unspecified atom stereocenters. The van der Waals surface area contributed by atoms with E-state index in [0.717, 1.165) is 11.1 Å². The van der Waals surface area contributed by atoms with Gasteiger partial charge in [-0.2, -0.15) is 0 Å². The number of hydrogen-bond acceptors (Lipinski definition) is 6. The van der Waals surface area contributed by atoms with Crippen LogP contribution in [0.4, 0.5) is 10.5 Å². The van der Waals surface area contributed by atoms with Crippen LogP contribution in [0.1, 0.15) is 46.8 Å². The van der Waals surface area contributed by atoms with E-state index in [1.165, 1.54) is 14.2 Å². The number of cyclic esters (lactones) is 1. The van der Waals surface area contributed by atoms with Gasteiger partial charge in [-0.05, 0) is 32.3 Å². The molecule has 8 heteroatoms. The van der Waals surface area contributed by atoms with Crippen LogP contribution < -0.4 is 15.8 Å². The topological polar surface area (TPSA) is 117 Å². The smallest absolute Gasteiger partial charge is 0.341 e. The van der Waals surface area contributed by atoms with E-state index in [1.807, 2.05) is 19.9 Å². The van der Waals surface area contributed by atoms with Crippen molar-refractivity contribution in [2.75, 3.05) is 19.5 Å². The highest BCUT2D eigenvalue weighted by Crippen LogP contribution is 2.41. The van der Waals surface area contributed by atoms with Crippen molar-refractivity contribution in [3.05, 3.63) is 33.9 Å². The Balaban J connectivity index is 2.46. The summed E-state index contributed by atoms with van der Waals surface area (Å²) >= 11 is 0. The zero-order chi connectivity index (χ0) is 20.1. The van der Waals surface area contributed by atoms with E-state index in [2.05, 4.69) is 10.1 Å². The summed E-state index contributed by atoms with van der Waals surface area (Å²) in [5.74, 6) is -0.229. The van der Waals surface area contributed by atoms with Gasteiger partial charge in [0.15, 0.2) is 0 Å². The Morgan fingerprint density at radius 1 is 1.30 bits per heavy atom. The molecule has 0 atom stereocenters. The molecule has 1 aliphatic rings. The van der Waals surface area contributed by atoms with Gasteiger partial charge in [-0.25, -0.2) is 9.59 Å². The molecule has 0 fully saturated rings. The number of nitrogens with one attached hydrogen (secondary N) is 1. The molecule has 1 aromatic rings. The Bertz CT molecular complexity index is 813. The minimum Gasteiger partial charge on any atom is -0.496 e. The van der Waals surface area contributed by atoms with E-state index in [4.69, 9.17) is 15.2 Å². The lowest BCUT2D eigenvalue weighted by molar-refractivity contribution is -0.140. The molecule has 2 rings (SSSR count). The molecule has 0 bridgehead atoms. The second-order valence-electron chi connectivity index (χ2n) is 6.26. The van der Waals surface area contributed by atoms with Crippen LogP contribution in [0.5, 0.6) is 5.75 Å².